The maximum Gasteiger partial charge on any atom is 0.120 e. The lowest BCUT2D eigenvalue weighted by Crippen LogP contribution is -1.87. The Labute approximate surface area is 88.5 Å². The molecule has 3 heteroatoms. The zero-order chi connectivity index (χ0) is 10.8. The van der Waals surface area contributed by atoms with Crippen LogP contribution in [0.5, 0.6) is 0 Å². The van der Waals surface area contributed by atoms with Gasteiger partial charge in [-0.1, -0.05) is 0 Å². The van der Waals surface area contributed by atoms with Crippen LogP contribution in [0.2, 0.25) is 0 Å². The summed E-state index contributed by atoms with van der Waals surface area (Å²) in [7, 11) is 0. The molecule has 0 spiro atoms. The molecule has 0 saturated carbocycles. The van der Waals surface area contributed by atoms with Crippen LogP contribution in [0.4, 0.5) is 0 Å². The van der Waals surface area contributed by atoms with Crippen LogP contribution in [0.25, 0.3) is 11.0 Å². The second-order valence-electron chi connectivity index (χ2n) is 3.84. The van der Waals surface area contributed by atoms with Crippen molar-refractivity contribution in [3.05, 3.63) is 29.1 Å². The monoisotopic (exact) mass is 202 g/mol. The van der Waals surface area contributed by atoms with Crippen molar-refractivity contribution < 1.29 is 4.79 Å². The van der Waals surface area contributed by atoms with Crippen molar-refractivity contribution in [2.45, 2.75) is 26.7 Å². The molecule has 0 unspecified atom stereocenters. The second-order valence-corrected chi connectivity index (χ2v) is 3.84. The summed E-state index contributed by atoms with van der Waals surface area (Å²) >= 11 is 0. The molecule has 0 fully saturated rings. The van der Waals surface area contributed by atoms with Gasteiger partial charge in [0.2, 0.25) is 0 Å². The molecule has 0 radical (unpaired) electrons. The van der Waals surface area contributed by atoms with E-state index in [0.717, 1.165) is 23.1 Å². The minimum Gasteiger partial charge on any atom is -0.342 e. The smallest absolute Gasteiger partial charge is 0.120 e. The highest BCUT2D eigenvalue weighted by molar-refractivity contribution is 5.77. The van der Waals surface area contributed by atoms with Gasteiger partial charge in [0.1, 0.15) is 12.1 Å². The Hall–Kier alpha value is -1.64. The van der Waals surface area contributed by atoms with E-state index in [9.17, 15) is 4.79 Å². The number of hydrogen-bond donors (Lipinski definition) is 1. The molecule has 2 aromatic rings. The maximum absolute atomic E-state index is 10.3. The number of imidazole rings is 1. The summed E-state index contributed by atoms with van der Waals surface area (Å²) < 4.78 is 0. The van der Waals surface area contributed by atoms with Gasteiger partial charge in [0.05, 0.1) is 11.0 Å². The molecule has 3 nitrogen and oxygen atoms in total. The molecule has 0 aliphatic rings. The van der Waals surface area contributed by atoms with Crippen molar-refractivity contribution in [2.75, 3.05) is 0 Å². The van der Waals surface area contributed by atoms with Gasteiger partial charge in [-0.15, -0.1) is 0 Å². The second kappa shape index (κ2) is 3.85. The largest absolute Gasteiger partial charge is 0.342 e. The van der Waals surface area contributed by atoms with E-state index in [0.29, 0.717) is 12.8 Å². The lowest BCUT2D eigenvalue weighted by molar-refractivity contribution is -0.107. The lowest BCUT2D eigenvalue weighted by atomic mass is 10.1. The summed E-state index contributed by atoms with van der Waals surface area (Å²) in [5, 5.41) is 0. The van der Waals surface area contributed by atoms with Gasteiger partial charge in [-0.25, -0.2) is 4.98 Å². The fourth-order valence-electron chi connectivity index (χ4n) is 1.64. The standard InChI is InChI=1S/C12H14N2O/c1-8-6-10-11(7-9(8)2)14-12(13-10)4-3-5-15/h5-7H,3-4H2,1-2H3,(H,13,14). The number of nitrogens with one attached hydrogen (secondary N) is 1. The van der Waals surface area contributed by atoms with Crippen LogP contribution >= 0.6 is 0 Å². The third kappa shape index (κ3) is 1.91. The van der Waals surface area contributed by atoms with Crippen LogP contribution in [0.1, 0.15) is 23.4 Å². The topological polar surface area (TPSA) is 45.8 Å². The highest BCUT2D eigenvalue weighted by atomic mass is 16.1. The fourth-order valence-corrected chi connectivity index (χ4v) is 1.64. The number of benzene rings is 1. The summed E-state index contributed by atoms with van der Waals surface area (Å²) in [6.45, 7) is 4.16. The predicted molar refractivity (Wildman–Crippen MR) is 60.0 cm³/mol. The number of aromatic amines is 1. The molecule has 0 aliphatic heterocycles. The molecular weight excluding hydrogens is 188 g/mol. The zero-order valence-electron chi connectivity index (χ0n) is 9.00. The van der Waals surface area contributed by atoms with Crippen LogP contribution in [0.3, 0.4) is 0 Å². The molecular formula is C12H14N2O. The van der Waals surface area contributed by atoms with E-state index in [1.54, 1.807) is 0 Å². The Bertz CT molecular complexity index is 461. The first-order valence-electron chi connectivity index (χ1n) is 5.10. The number of H-pyrrole nitrogens is 1. The van der Waals surface area contributed by atoms with E-state index in [4.69, 9.17) is 0 Å². The summed E-state index contributed by atoms with van der Waals surface area (Å²) in [4.78, 5) is 17.9. The summed E-state index contributed by atoms with van der Waals surface area (Å²) in [5.41, 5.74) is 4.54. The summed E-state index contributed by atoms with van der Waals surface area (Å²) in [6.07, 6.45) is 2.14. The van der Waals surface area contributed by atoms with Gasteiger partial charge in [0, 0.05) is 12.8 Å². The fraction of sp³-hybridized carbons (Fsp3) is 0.333. The number of carbonyl (C=O) groups excluding carboxylic acids is 1. The highest BCUT2D eigenvalue weighted by Crippen LogP contribution is 2.17. The Morgan fingerprint density at radius 2 is 2.07 bits per heavy atom. The SMILES string of the molecule is Cc1cc2nc(CCC=O)[nH]c2cc1C. The number of rotatable bonds is 3. The van der Waals surface area contributed by atoms with Gasteiger partial charge in [0.15, 0.2) is 0 Å². The lowest BCUT2D eigenvalue weighted by Gasteiger charge is -1.97. The van der Waals surface area contributed by atoms with Gasteiger partial charge < -0.3 is 9.78 Å². The molecule has 1 aromatic carbocycles. The van der Waals surface area contributed by atoms with Crippen molar-refractivity contribution in [1.82, 2.24) is 9.97 Å². The van der Waals surface area contributed by atoms with E-state index in [1.165, 1.54) is 11.1 Å². The van der Waals surface area contributed by atoms with Crippen LogP contribution in [-0.4, -0.2) is 16.3 Å². The number of nitrogens with zero attached hydrogens (tertiary/aromatic N) is 1. The van der Waals surface area contributed by atoms with Crippen LogP contribution < -0.4 is 0 Å². The van der Waals surface area contributed by atoms with Crippen LogP contribution in [0.15, 0.2) is 12.1 Å². The van der Waals surface area contributed by atoms with E-state index in [1.807, 2.05) is 0 Å². The maximum atomic E-state index is 10.3. The summed E-state index contributed by atoms with van der Waals surface area (Å²) in [5.74, 6) is 0.891. The number of aryl methyl sites for hydroxylation is 3. The third-order valence-corrected chi connectivity index (χ3v) is 2.65. The average Bonchev–Trinajstić information content (AvgIpc) is 2.58. The van der Waals surface area contributed by atoms with E-state index in [-0.39, 0.29) is 0 Å². The molecule has 0 amide bonds. The molecule has 1 heterocycles. The molecule has 15 heavy (non-hydrogen) atoms. The normalized spacial score (nSPS) is 10.8. The molecule has 0 aliphatic carbocycles. The van der Waals surface area contributed by atoms with Crippen molar-refractivity contribution in [1.29, 1.82) is 0 Å². The summed E-state index contributed by atoms with van der Waals surface area (Å²) in [6, 6.07) is 4.17. The Morgan fingerprint density at radius 3 is 2.80 bits per heavy atom. The van der Waals surface area contributed by atoms with Gasteiger partial charge >= 0.3 is 0 Å². The Balaban J connectivity index is 2.42. The minimum absolute atomic E-state index is 0.526. The van der Waals surface area contributed by atoms with Crippen LogP contribution in [0, 0.1) is 13.8 Å². The third-order valence-electron chi connectivity index (χ3n) is 2.65. The van der Waals surface area contributed by atoms with Gasteiger partial charge in [0.25, 0.3) is 0 Å². The zero-order valence-corrected chi connectivity index (χ0v) is 9.00. The molecule has 1 N–H and O–H groups in total. The van der Waals surface area contributed by atoms with Gasteiger partial charge in [-0.2, -0.15) is 0 Å². The molecule has 78 valence electrons. The first-order valence-corrected chi connectivity index (χ1v) is 5.10. The van der Waals surface area contributed by atoms with Crippen molar-refractivity contribution in [2.24, 2.45) is 0 Å². The highest BCUT2D eigenvalue weighted by Gasteiger charge is 2.04. The first kappa shape index (κ1) is 9.90. The molecule has 1 aromatic heterocycles. The van der Waals surface area contributed by atoms with Crippen molar-refractivity contribution >= 4 is 17.3 Å². The van der Waals surface area contributed by atoms with Gasteiger partial charge in [-0.05, 0) is 37.1 Å². The first-order chi connectivity index (χ1) is 7.20. The number of aldehydes is 1. The van der Waals surface area contributed by atoms with E-state index >= 15 is 0 Å². The number of fused-ring (bicyclic) bond motifs is 1. The van der Waals surface area contributed by atoms with E-state index in [2.05, 4.69) is 35.9 Å². The quantitative estimate of drug-likeness (QED) is 0.776. The number of hydrogen-bond acceptors (Lipinski definition) is 2. The number of aromatic nitrogens is 2. The minimum atomic E-state index is 0.526. The molecule has 0 bridgehead atoms. The van der Waals surface area contributed by atoms with Crippen molar-refractivity contribution in [3.63, 3.8) is 0 Å². The molecule has 0 saturated heterocycles. The van der Waals surface area contributed by atoms with Crippen molar-refractivity contribution in [3.8, 4) is 0 Å². The molecule has 2 rings (SSSR count). The Kier molecular flexibility index (Phi) is 2.54. The Morgan fingerprint density at radius 1 is 1.33 bits per heavy atom. The van der Waals surface area contributed by atoms with Crippen LogP contribution in [-0.2, 0) is 11.2 Å². The molecule has 0 atom stereocenters. The number of carbonyl (C=O) groups is 1. The predicted octanol–water partition coefficient (Wildman–Crippen LogP) is 2.31. The average molecular weight is 202 g/mol. The van der Waals surface area contributed by atoms with E-state index < -0.39 is 0 Å². The van der Waals surface area contributed by atoms with Gasteiger partial charge in [-0.3, -0.25) is 0 Å².